The minimum Gasteiger partial charge on any atom is -0.250 e. The topological polar surface area (TPSA) is 50.7 Å². The summed E-state index contributed by atoms with van der Waals surface area (Å²) in [6.07, 6.45) is 1.48. The lowest BCUT2D eigenvalue weighted by atomic mass is 10.1. The van der Waals surface area contributed by atoms with Gasteiger partial charge >= 0.3 is 5.69 Å². The molecule has 0 spiro atoms. The maximum absolute atomic E-state index is 11.3. The molecule has 1 aromatic carbocycles. The van der Waals surface area contributed by atoms with Crippen molar-refractivity contribution in [2.24, 2.45) is 0 Å². The van der Waals surface area contributed by atoms with Crippen molar-refractivity contribution in [2.45, 2.75) is 13.8 Å². The molecule has 0 fully saturated rings. The fourth-order valence-corrected chi connectivity index (χ4v) is 1.52. The van der Waals surface area contributed by atoms with Gasteiger partial charge in [-0.1, -0.05) is 6.07 Å². The van der Waals surface area contributed by atoms with Gasteiger partial charge in [0.25, 0.3) is 0 Å². The van der Waals surface area contributed by atoms with Crippen LogP contribution in [0, 0.1) is 13.8 Å². The first kappa shape index (κ1) is 8.74. The molecule has 1 N–H and O–H groups in total. The molecule has 0 saturated carbocycles. The van der Waals surface area contributed by atoms with Crippen LogP contribution in [0.25, 0.3) is 5.69 Å². The lowest BCUT2D eigenvalue weighted by Gasteiger charge is -2.03. The Balaban J connectivity index is 2.63. The van der Waals surface area contributed by atoms with Crippen LogP contribution < -0.4 is 5.69 Å². The van der Waals surface area contributed by atoms with E-state index in [1.165, 1.54) is 10.9 Å². The van der Waals surface area contributed by atoms with Crippen LogP contribution in [0.15, 0.2) is 29.3 Å². The van der Waals surface area contributed by atoms with Crippen molar-refractivity contribution in [3.8, 4) is 5.69 Å². The first-order chi connectivity index (χ1) is 6.66. The van der Waals surface area contributed by atoms with Gasteiger partial charge in [0.1, 0.15) is 6.33 Å². The summed E-state index contributed by atoms with van der Waals surface area (Å²) < 4.78 is 1.49. The minimum atomic E-state index is -0.213. The van der Waals surface area contributed by atoms with Crippen LogP contribution in [0.5, 0.6) is 0 Å². The predicted molar refractivity (Wildman–Crippen MR) is 53.7 cm³/mol. The summed E-state index contributed by atoms with van der Waals surface area (Å²) in [5.41, 5.74) is 2.90. The highest BCUT2D eigenvalue weighted by molar-refractivity contribution is 5.38. The van der Waals surface area contributed by atoms with Gasteiger partial charge in [-0.3, -0.25) is 0 Å². The van der Waals surface area contributed by atoms with Gasteiger partial charge in [0.2, 0.25) is 0 Å². The van der Waals surface area contributed by atoms with Crippen molar-refractivity contribution in [3.63, 3.8) is 0 Å². The maximum Gasteiger partial charge on any atom is 0.347 e. The second kappa shape index (κ2) is 3.14. The number of hydrogen-bond acceptors (Lipinski definition) is 2. The van der Waals surface area contributed by atoms with Crippen LogP contribution in [-0.4, -0.2) is 14.8 Å². The van der Waals surface area contributed by atoms with Crippen molar-refractivity contribution < 1.29 is 0 Å². The van der Waals surface area contributed by atoms with Gasteiger partial charge in [0.15, 0.2) is 0 Å². The summed E-state index contributed by atoms with van der Waals surface area (Å²) in [6, 6.07) is 5.96. The van der Waals surface area contributed by atoms with Gasteiger partial charge in [0.05, 0.1) is 5.69 Å². The molecular weight excluding hydrogens is 178 g/mol. The Kier molecular flexibility index (Phi) is 1.96. The largest absolute Gasteiger partial charge is 0.347 e. The number of benzene rings is 1. The van der Waals surface area contributed by atoms with E-state index < -0.39 is 0 Å². The third-order valence-corrected chi connectivity index (χ3v) is 2.04. The molecule has 2 aromatic rings. The molecule has 0 saturated heterocycles. The lowest BCUT2D eigenvalue weighted by molar-refractivity contribution is 0.978. The Labute approximate surface area is 81.2 Å². The molecule has 1 heterocycles. The van der Waals surface area contributed by atoms with Gasteiger partial charge < -0.3 is 0 Å². The number of aryl methyl sites for hydroxylation is 2. The number of nitrogens with one attached hydrogen (secondary N) is 1. The summed E-state index contributed by atoms with van der Waals surface area (Å²) in [7, 11) is 0. The van der Waals surface area contributed by atoms with E-state index in [1.807, 2.05) is 26.0 Å². The van der Waals surface area contributed by atoms with E-state index in [9.17, 15) is 4.79 Å². The molecule has 14 heavy (non-hydrogen) atoms. The minimum absolute atomic E-state index is 0.213. The molecule has 4 heteroatoms. The molecule has 0 aliphatic carbocycles. The Bertz CT molecular complexity index is 490. The summed E-state index contributed by atoms with van der Waals surface area (Å²) in [6.45, 7) is 4.00. The fraction of sp³-hybridized carbons (Fsp3) is 0.200. The van der Waals surface area contributed by atoms with E-state index in [2.05, 4.69) is 16.3 Å². The van der Waals surface area contributed by atoms with Gasteiger partial charge in [-0.25, -0.2) is 14.5 Å². The second-order valence-corrected chi connectivity index (χ2v) is 3.38. The van der Waals surface area contributed by atoms with Gasteiger partial charge in [-0.15, -0.1) is 0 Å². The Morgan fingerprint density at radius 1 is 1.21 bits per heavy atom. The van der Waals surface area contributed by atoms with Crippen LogP contribution in [0.2, 0.25) is 0 Å². The van der Waals surface area contributed by atoms with E-state index in [0.717, 1.165) is 16.8 Å². The smallest absolute Gasteiger partial charge is 0.250 e. The van der Waals surface area contributed by atoms with Crippen molar-refractivity contribution in [2.75, 3.05) is 0 Å². The van der Waals surface area contributed by atoms with Crippen LogP contribution in [0.4, 0.5) is 0 Å². The molecule has 0 aliphatic rings. The first-order valence-electron chi connectivity index (χ1n) is 4.37. The standard InChI is InChI=1S/C10H11N3O/c1-7-3-8(2)5-9(4-7)13-6-11-12-10(13)14/h3-6H,1-2H3,(H,12,14). The molecule has 0 amide bonds. The van der Waals surface area contributed by atoms with E-state index in [0.29, 0.717) is 0 Å². The molecule has 72 valence electrons. The number of hydrogen-bond donors (Lipinski definition) is 1. The average Bonchev–Trinajstić information content (AvgIpc) is 2.49. The highest BCUT2D eigenvalue weighted by Gasteiger charge is 2.01. The zero-order chi connectivity index (χ0) is 10.1. The van der Waals surface area contributed by atoms with Crippen LogP contribution in [0.3, 0.4) is 0 Å². The van der Waals surface area contributed by atoms with Crippen molar-refractivity contribution in [1.29, 1.82) is 0 Å². The Morgan fingerprint density at radius 3 is 2.36 bits per heavy atom. The normalized spacial score (nSPS) is 10.4. The Morgan fingerprint density at radius 2 is 1.86 bits per heavy atom. The third kappa shape index (κ3) is 1.46. The first-order valence-corrected chi connectivity index (χ1v) is 4.37. The molecule has 0 aliphatic heterocycles. The zero-order valence-electron chi connectivity index (χ0n) is 8.11. The molecule has 2 rings (SSSR count). The monoisotopic (exact) mass is 189 g/mol. The third-order valence-electron chi connectivity index (χ3n) is 2.04. The lowest BCUT2D eigenvalue weighted by Crippen LogP contribution is -2.14. The van der Waals surface area contributed by atoms with E-state index >= 15 is 0 Å². The van der Waals surface area contributed by atoms with Gasteiger partial charge in [0, 0.05) is 0 Å². The van der Waals surface area contributed by atoms with Crippen LogP contribution in [0.1, 0.15) is 11.1 Å². The van der Waals surface area contributed by atoms with Gasteiger partial charge in [-0.2, -0.15) is 5.10 Å². The number of aromatic nitrogens is 3. The molecular formula is C10H11N3O. The SMILES string of the molecule is Cc1cc(C)cc(-n2cn[nH]c2=O)c1. The molecule has 1 aromatic heterocycles. The van der Waals surface area contributed by atoms with Crippen LogP contribution >= 0.6 is 0 Å². The maximum atomic E-state index is 11.3. The van der Waals surface area contributed by atoms with E-state index in [-0.39, 0.29) is 5.69 Å². The summed E-state index contributed by atoms with van der Waals surface area (Å²) in [5.74, 6) is 0. The molecule has 0 atom stereocenters. The highest BCUT2D eigenvalue weighted by atomic mass is 16.1. The molecule has 0 unspecified atom stereocenters. The fourth-order valence-electron chi connectivity index (χ4n) is 1.52. The van der Waals surface area contributed by atoms with E-state index in [1.54, 1.807) is 0 Å². The molecule has 4 nitrogen and oxygen atoms in total. The second-order valence-electron chi connectivity index (χ2n) is 3.38. The number of aromatic amines is 1. The number of H-pyrrole nitrogens is 1. The molecule has 0 radical (unpaired) electrons. The average molecular weight is 189 g/mol. The van der Waals surface area contributed by atoms with Crippen molar-refractivity contribution in [1.82, 2.24) is 14.8 Å². The highest BCUT2D eigenvalue weighted by Crippen LogP contribution is 2.10. The van der Waals surface area contributed by atoms with Gasteiger partial charge in [-0.05, 0) is 37.1 Å². The summed E-state index contributed by atoms with van der Waals surface area (Å²) in [4.78, 5) is 11.3. The summed E-state index contributed by atoms with van der Waals surface area (Å²) >= 11 is 0. The van der Waals surface area contributed by atoms with Crippen LogP contribution in [-0.2, 0) is 0 Å². The Hall–Kier alpha value is -1.84. The predicted octanol–water partition coefficient (Wildman–Crippen LogP) is 1.18. The quantitative estimate of drug-likeness (QED) is 0.732. The van der Waals surface area contributed by atoms with Crippen molar-refractivity contribution in [3.05, 3.63) is 46.1 Å². The number of nitrogens with zero attached hydrogens (tertiary/aromatic N) is 2. The summed E-state index contributed by atoms with van der Waals surface area (Å²) in [5, 5.41) is 6.05. The molecule has 0 bridgehead atoms. The number of rotatable bonds is 1. The van der Waals surface area contributed by atoms with Crippen molar-refractivity contribution >= 4 is 0 Å². The van der Waals surface area contributed by atoms with E-state index in [4.69, 9.17) is 0 Å². The zero-order valence-corrected chi connectivity index (χ0v) is 8.11.